The third kappa shape index (κ3) is 2.76. The molecule has 3 aliphatic carbocycles. The molecule has 3 aliphatic rings. The second-order valence-corrected chi connectivity index (χ2v) is 8.65. The highest BCUT2D eigenvalue weighted by molar-refractivity contribution is 5.69. The molecule has 0 amide bonds. The zero-order valence-electron chi connectivity index (χ0n) is 15.5. The Kier molecular flexibility index (Phi) is 4.29. The SMILES string of the molecule is CCCC(=O)O[C@H]1CC[C@H]2[C@@H]3CCc4cc(O)ccc4[C@H]3CC[C@@]12C. The van der Waals surface area contributed by atoms with Gasteiger partial charge < -0.3 is 9.84 Å². The molecule has 4 rings (SSSR count). The quantitative estimate of drug-likeness (QED) is 0.790. The van der Waals surface area contributed by atoms with E-state index in [1.54, 1.807) is 0 Å². The molecule has 0 aliphatic heterocycles. The van der Waals surface area contributed by atoms with Crippen LogP contribution in [0.3, 0.4) is 0 Å². The van der Waals surface area contributed by atoms with Crippen LogP contribution in [0.5, 0.6) is 5.75 Å². The molecule has 3 nitrogen and oxygen atoms in total. The molecule has 2 fully saturated rings. The molecule has 25 heavy (non-hydrogen) atoms. The number of phenols is 1. The van der Waals surface area contributed by atoms with Crippen molar-refractivity contribution in [2.75, 3.05) is 0 Å². The maximum atomic E-state index is 12.0. The van der Waals surface area contributed by atoms with E-state index < -0.39 is 0 Å². The normalized spacial score (nSPS) is 36.2. The third-order valence-electron chi connectivity index (χ3n) is 7.35. The van der Waals surface area contributed by atoms with Crippen molar-refractivity contribution in [1.82, 2.24) is 0 Å². The Morgan fingerprint density at radius 1 is 1.28 bits per heavy atom. The number of ether oxygens (including phenoxy) is 1. The van der Waals surface area contributed by atoms with Crippen molar-refractivity contribution in [3.8, 4) is 5.75 Å². The number of hydrogen-bond acceptors (Lipinski definition) is 3. The summed E-state index contributed by atoms with van der Waals surface area (Å²) in [6.07, 6.45) is 8.33. The molecule has 0 saturated heterocycles. The Balaban J connectivity index is 1.56. The van der Waals surface area contributed by atoms with Gasteiger partial charge in [0.1, 0.15) is 11.9 Å². The van der Waals surface area contributed by atoms with Gasteiger partial charge in [0.25, 0.3) is 0 Å². The fraction of sp³-hybridized carbons (Fsp3) is 0.682. The summed E-state index contributed by atoms with van der Waals surface area (Å²) in [5.41, 5.74) is 2.95. The monoisotopic (exact) mass is 342 g/mol. The van der Waals surface area contributed by atoms with Gasteiger partial charge in [-0.15, -0.1) is 0 Å². The van der Waals surface area contributed by atoms with E-state index in [1.807, 2.05) is 19.1 Å². The first-order valence-corrected chi connectivity index (χ1v) is 10.0. The van der Waals surface area contributed by atoms with Crippen molar-refractivity contribution in [2.45, 2.75) is 77.2 Å². The Morgan fingerprint density at radius 3 is 2.92 bits per heavy atom. The predicted molar refractivity (Wildman–Crippen MR) is 97.5 cm³/mol. The van der Waals surface area contributed by atoms with Crippen LogP contribution in [0.2, 0.25) is 0 Å². The van der Waals surface area contributed by atoms with Crippen LogP contribution in [-0.2, 0) is 16.0 Å². The highest BCUT2D eigenvalue weighted by atomic mass is 16.5. The standard InChI is InChI=1S/C22H30O3/c1-3-4-21(24)25-20-10-9-19-18-7-5-14-13-15(23)6-8-16(14)17(18)11-12-22(19,20)2/h6,8,13,17-20,23H,3-5,7,9-12H2,1-2H3/t17-,18-,19+,20+,22-/m1/s1. The van der Waals surface area contributed by atoms with Gasteiger partial charge >= 0.3 is 5.97 Å². The van der Waals surface area contributed by atoms with Crippen molar-refractivity contribution in [1.29, 1.82) is 0 Å². The molecule has 1 aromatic carbocycles. The largest absolute Gasteiger partial charge is 0.508 e. The zero-order chi connectivity index (χ0) is 17.6. The van der Waals surface area contributed by atoms with E-state index in [1.165, 1.54) is 30.4 Å². The van der Waals surface area contributed by atoms with Crippen LogP contribution in [-0.4, -0.2) is 17.2 Å². The maximum absolute atomic E-state index is 12.0. The first-order chi connectivity index (χ1) is 12.0. The lowest BCUT2D eigenvalue weighted by molar-refractivity contribution is -0.157. The highest BCUT2D eigenvalue weighted by Crippen LogP contribution is 2.61. The predicted octanol–water partition coefficient (Wildman–Crippen LogP) is 4.96. The van der Waals surface area contributed by atoms with Crippen LogP contribution in [0, 0.1) is 17.3 Å². The van der Waals surface area contributed by atoms with Gasteiger partial charge in [0, 0.05) is 11.8 Å². The van der Waals surface area contributed by atoms with Crippen LogP contribution in [0.25, 0.3) is 0 Å². The summed E-state index contributed by atoms with van der Waals surface area (Å²) in [5.74, 6) is 2.35. The van der Waals surface area contributed by atoms with Crippen LogP contribution in [0.4, 0.5) is 0 Å². The van der Waals surface area contributed by atoms with Gasteiger partial charge in [-0.05, 0) is 86.0 Å². The summed E-state index contributed by atoms with van der Waals surface area (Å²) in [5, 5.41) is 9.79. The molecular formula is C22H30O3. The molecule has 3 heteroatoms. The summed E-state index contributed by atoms with van der Waals surface area (Å²) in [6.45, 7) is 4.40. The Morgan fingerprint density at radius 2 is 2.12 bits per heavy atom. The van der Waals surface area contributed by atoms with E-state index in [0.717, 1.165) is 25.7 Å². The molecule has 2 saturated carbocycles. The van der Waals surface area contributed by atoms with E-state index >= 15 is 0 Å². The molecule has 1 N–H and O–H groups in total. The fourth-order valence-corrected chi connectivity index (χ4v) is 6.14. The van der Waals surface area contributed by atoms with Gasteiger partial charge in [0.2, 0.25) is 0 Å². The number of benzene rings is 1. The molecule has 0 spiro atoms. The Hall–Kier alpha value is -1.51. The molecular weight excluding hydrogens is 312 g/mol. The van der Waals surface area contributed by atoms with Gasteiger partial charge in [0.15, 0.2) is 0 Å². The second kappa shape index (κ2) is 6.34. The van der Waals surface area contributed by atoms with Crippen molar-refractivity contribution in [2.24, 2.45) is 17.3 Å². The minimum atomic E-state index is -0.0130. The molecule has 0 bridgehead atoms. The van der Waals surface area contributed by atoms with Crippen LogP contribution < -0.4 is 0 Å². The lowest BCUT2D eigenvalue weighted by Crippen LogP contribution is -2.45. The summed E-state index contributed by atoms with van der Waals surface area (Å²) in [6, 6.07) is 5.96. The van der Waals surface area contributed by atoms with E-state index in [0.29, 0.717) is 29.9 Å². The van der Waals surface area contributed by atoms with Crippen molar-refractivity contribution < 1.29 is 14.6 Å². The van der Waals surface area contributed by atoms with E-state index in [-0.39, 0.29) is 17.5 Å². The number of esters is 1. The fourth-order valence-electron chi connectivity index (χ4n) is 6.14. The topological polar surface area (TPSA) is 46.5 Å². The Labute approximate surface area is 150 Å². The summed E-state index contributed by atoms with van der Waals surface area (Å²) in [4.78, 5) is 12.0. The molecule has 0 unspecified atom stereocenters. The van der Waals surface area contributed by atoms with E-state index in [9.17, 15) is 9.90 Å². The van der Waals surface area contributed by atoms with Gasteiger partial charge in [-0.2, -0.15) is 0 Å². The van der Waals surface area contributed by atoms with Crippen molar-refractivity contribution >= 4 is 5.97 Å². The molecule has 136 valence electrons. The minimum Gasteiger partial charge on any atom is -0.508 e. The summed E-state index contributed by atoms with van der Waals surface area (Å²) in [7, 11) is 0. The van der Waals surface area contributed by atoms with Crippen LogP contribution in [0.1, 0.15) is 75.8 Å². The number of rotatable bonds is 3. The van der Waals surface area contributed by atoms with Gasteiger partial charge in [-0.3, -0.25) is 4.79 Å². The van der Waals surface area contributed by atoms with E-state index in [4.69, 9.17) is 4.74 Å². The molecule has 0 heterocycles. The van der Waals surface area contributed by atoms with Crippen molar-refractivity contribution in [3.63, 3.8) is 0 Å². The summed E-state index contributed by atoms with van der Waals surface area (Å²) >= 11 is 0. The highest BCUT2D eigenvalue weighted by Gasteiger charge is 2.56. The van der Waals surface area contributed by atoms with Gasteiger partial charge in [-0.25, -0.2) is 0 Å². The van der Waals surface area contributed by atoms with Crippen LogP contribution in [0.15, 0.2) is 18.2 Å². The first kappa shape index (κ1) is 16.9. The Bertz CT molecular complexity index is 667. The second-order valence-electron chi connectivity index (χ2n) is 8.65. The first-order valence-electron chi connectivity index (χ1n) is 10.0. The zero-order valence-corrected chi connectivity index (χ0v) is 15.5. The number of carbonyl (C=O) groups excluding carboxylic acids is 1. The minimum absolute atomic E-state index is 0.0130. The van der Waals surface area contributed by atoms with Crippen molar-refractivity contribution in [3.05, 3.63) is 29.3 Å². The van der Waals surface area contributed by atoms with Gasteiger partial charge in [0.05, 0.1) is 0 Å². The number of aryl methyl sites for hydroxylation is 1. The number of hydrogen-bond donors (Lipinski definition) is 1. The number of phenolic OH excluding ortho intramolecular Hbond substituents is 1. The van der Waals surface area contributed by atoms with Gasteiger partial charge in [-0.1, -0.05) is 19.9 Å². The average Bonchev–Trinajstić information content (AvgIpc) is 2.91. The van der Waals surface area contributed by atoms with E-state index in [2.05, 4.69) is 13.0 Å². The maximum Gasteiger partial charge on any atom is 0.306 e. The smallest absolute Gasteiger partial charge is 0.306 e. The number of carbonyl (C=O) groups is 1. The average molecular weight is 342 g/mol. The summed E-state index contributed by atoms with van der Waals surface area (Å²) < 4.78 is 5.92. The molecule has 0 aromatic heterocycles. The molecule has 0 radical (unpaired) electrons. The molecule has 1 aromatic rings. The lowest BCUT2D eigenvalue weighted by Gasteiger charge is -2.50. The number of aromatic hydroxyl groups is 1. The third-order valence-corrected chi connectivity index (χ3v) is 7.35. The van der Waals surface area contributed by atoms with Crippen LogP contribution >= 0.6 is 0 Å². The molecule has 5 atom stereocenters. The number of fused-ring (bicyclic) bond motifs is 5. The lowest BCUT2D eigenvalue weighted by atomic mass is 9.55.